The molecular weight excluding hydrogens is 415 g/mol. The fraction of sp³-hybridized carbons (Fsp3) is 0.269. The van der Waals surface area contributed by atoms with Gasteiger partial charge in [-0.2, -0.15) is 13.2 Å². The molecule has 1 unspecified atom stereocenters. The van der Waals surface area contributed by atoms with Crippen molar-refractivity contribution in [1.29, 1.82) is 0 Å². The van der Waals surface area contributed by atoms with Crippen molar-refractivity contribution in [1.82, 2.24) is 5.06 Å². The Kier molecular flexibility index (Phi) is 7.70. The molecule has 0 heterocycles. The summed E-state index contributed by atoms with van der Waals surface area (Å²) in [7, 11) is 0. The summed E-state index contributed by atoms with van der Waals surface area (Å²) >= 11 is 0. The highest BCUT2D eigenvalue weighted by molar-refractivity contribution is 5.82. The molecule has 3 aromatic rings. The quantitative estimate of drug-likeness (QED) is 0.387. The first-order valence-electron chi connectivity index (χ1n) is 10.5. The zero-order valence-electron chi connectivity index (χ0n) is 18.0. The molecule has 0 saturated heterocycles. The van der Waals surface area contributed by atoms with Gasteiger partial charge in [-0.15, -0.1) is 5.06 Å². The maximum absolute atomic E-state index is 13.2. The van der Waals surface area contributed by atoms with Gasteiger partial charge in [0.25, 0.3) is 0 Å². The molecule has 0 aliphatic rings. The van der Waals surface area contributed by atoms with E-state index in [0.29, 0.717) is 18.5 Å². The molecular formula is C26H26F3NO2. The third kappa shape index (κ3) is 5.98. The fourth-order valence-electron chi connectivity index (χ4n) is 3.71. The second-order valence-electron chi connectivity index (χ2n) is 7.65. The fourth-order valence-corrected chi connectivity index (χ4v) is 3.71. The van der Waals surface area contributed by atoms with Crippen molar-refractivity contribution < 1.29 is 22.8 Å². The number of benzene rings is 3. The molecule has 3 aromatic carbocycles. The third-order valence-electron chi connectivity index (χ3n) is 5.30. The van der Waals surface area contributed by atoms with Gasteiger partial charge in [-0.3, -0.25) is 0 Å². The molecule has 0 aliphatic heterocycles. The lowest BCUT2D eigenvalue weighted by Gasteiger charge is -2.28. The highest BCUT2D eigenvalue weighted by atomic mass is 19.4. The van der Waals surface area contributed by atoms with Crippen LogP contribution in [0.25, 0.3) is 0 Å². The summed E-state index contributed by atoms with van der Waals surface area (Å²) in [5.74, 6) is -1.03. The van der Waals surface area contributed by atoms with E-state index in [9.17, 15) is 18.0 Å². The number of halogens is 3. The van der Waals surface area contributed by atoms with E-state index >= 15 is 0 Å². The highest BCUT2D eigenvalue weighted by Gasteiger charge is 2.31. The summed E-state index contributed by atoms with van der Waals surface area (Å²) in [6.07, 6.45) is -4.08. The molecule has 3 rings (SSSR count). The Balaban J connectivity index is 1.78. The van der Waals surface area contributed by atoms with Crippen molar-refractivity contribution in [2.75, 3.05) is 6.54 Å². The highest BCUT2D eigenvalue weighted by Crippen LogP contribution is 2.30. The van der Waals surface area contributed by atoms with Crippen LogP contribution in [-0.4, -0.2) is 23.6 Å². The van der Waals surface area contributed by atoms with Crippen molar-refractivity contribution in [2.24, 2.45) is 0 Å². The van der Waals surface area contributed by atoms with Gasteiger partial charge in [0.05, 0.1) is 5.56 Å². The molecule has 0 saturated carbocycles. The monoisotopic (exact) mass is 441 g/mol. The number of rotatable bonds is 8. The van der Waals surface area contributed by atoms with Crippen LogP contribution < -0.4 is 0 Å². The predicted octanol–water partition coefficient (Wildman–Crippen LogP) is 6.25. The van der Waals surface area contributed by atoms with Gasteiger partial charge in [-0.25, -0.2) is 4.79 Å². The smallest absolute Gasteiger partial charge is 0.367 e. The van der Waals surface area contributed by atoms with Crippen LogP contribution in [0.4, 0.5) is 13.2 Å². The van der Waals surface area contributed by atoms with E-state index in [2.05, 4.69) is 0 Å². The van der Waals surface area contributed by atoms with Crippen molar-refractivity contribution in [3.63, 3.8) is 0 Å². The first-order chi connectivity index (χ1) is 15.3. The number of hydrogen-bond donors (Lipinski definition) is 0. The molecule has 0 bridgehead atoms. The maximum Gasteiger partial charge on any atom is 0.416 e. The van der Waals surface area contributed by atoms with Crippen LogP contribution in [0, 0.1) is 0 Å². The lowest BCUT2D eigenvalue weighted by Crippen LogP contribution is -2.38. The minimum atomic E-state index is -4.39. The largest absolute Gasteiger partial charge is 0.416 e. The molecule has 0 fully saturated rings. The van der Waals surface area contributed by atoms with Crippen LogP contribution in [-0.2, 0) is 22.2 Å². The van der Waals surface area contributed by atoms with E-state index in [1.807, 2.05) is 74.5 Å². The molecule has 168 valence electrons. The third-order valence-corrected chi connectivity index (χ3v) is 5.30. The van der Waals surface area contributed by atoms with Gasteiger partial charge in [0.15, 0.2) is 0 Å². The van der Waals surface area contributed by atoms with Crippen LogP contribution in [0.2, 0.25) is 0 Å². The Bertz CT molecular complexity index is 967. The molecule has 32 heavy (non-hydrogen) atoms. The van der Waals surface area contributed by atoms with Crippen molar-refractivity contribution in [3.05, 3.63) is 107 Å². The Hall–Kier alpha value is -3.12. The number of nitrogens with zero attached hydrogens (tertiary/aromatic N) is 1. The van der Waals surface area contributed by atoms with Crippen LogP contribution >= 0.6 is 0 Å². The SMILES string of the molecule is CCN(OC(=O)C(c1ccccc1)c1ccccc1)C(C)Cc1cccc(C(F)(F)F)c1. The summed E-state index contributed by atoms with van der Waals surface area (Å²) in [5.41, 5.74) is 1.47. The lowest BCUT2D eigenvalue weighted by molar-refractivity contribution is -0.200. The van der Waals surface area contributed by atoms with E-state index in [0.717, 1.165) is 23.3 Å². The molecule has 0 spiro atoms. The van der Waals surface area contributed by atoms with Gasteiger partial charge >= 0.3 is 12.1 Å². The lowest BCUT2D eigenvalue weighted by atomic mass is 9.91. The summed E-state index contributed by atoms with van der Waals surface area (Å²) in [6.45, 7) is 4.08. The predicted molar refractivity (Wildman–Crippen MR) is 118 cm³/mol. The standard InChI is InChI=1S/C26H26F3NO2/c1-3-30(19(2)17-20-11-10-16-23(18-20)26(27,28)29)32-25(31)24(21-12-6-4-7-13-21)22-14-8-5-9-15-22/h4-16,18-19,24H,3,17H2,1-2H3. The van der Waals surface area contributed by atoms with E-state index in [1.54, 1.807) is 6.07 Å². The zero-order valence-corrected chi connectivity index (χ0v) is 18.0. The molecule has 6 heteroatoms. The van der Waals surface area contributed by atoms with Gasteiger partial charge in [-0.05, 0) is 43.0 Å². The van der Waals surface area contributed by atoms with Crippen LogP contribution in [0.1, 0.15) is 42.0 Å². The molecule has 1 atom stereocenters. The van der Waals surface area contributed by atoms with Crippen LogP contribution in [0.3, 0.4) is 0 Å². The van der Waals surface area contributed by atoms with Crippen molar-refractivity contribution in [3.8, 4) is 0 Å². The Morgan fingerprint density at radius 3 is 1.97 bits per heavy atom. The number of alkyl halides is 3. The van der Waals surface area contributed by atoms with Gasteiger partial charge in [0.2, 0.25) is 0 Å². The number of hydrogen-bond acceptors (Lipinski definition) is 3. The number of likely N-dealkylation sites (N-methyl/N-ethyl adjacent to an activating group) is 1. The first kappa shape index (κ1) is 23.5. The van der Waals surface area contributed by atoms with Gasteiger partial charge in [-0.1, -0.05) is 78.9 Å². The van der Waals surface area contributed by atoms with E-state index in [4.69, 9.17) is 4.84 Å². The molecule has 0 radical (unpaired) electrons. The molecule has 0 amide bonds. The summed E-state index contributed by atoms with van der Waals surface area (Å²) in [5, 5.41) is 1.53. The van der Waals surface area contributed by atoms with Gasteiger partial charge < -0.3 is 4.84 Å². The number of hydroxylamine groups is 2. The molecule has 0 aliphatic carbocycles. The second-order valence-corrected chi connectivity index (χ2v) is 7.65. The average Bonchev–Trinajstić information content (AvgIpc) is 2.78. The van der Waals surface area contributed by atoms with Crippen molar-refractivity contribution >= 4 is 5.97 Å². The zero-order chi connectivity index (χ0) is 23.1. The maximum atomic E-state index is 13.2. The Morgan fingerprint density at radius 1 is 0.906 bits per heavy atom. The van der Waals surface area contributed by atoms with E-state index < -0.39 is 23.6 Å². The van der Waals surface area contributed by atoms with Crippen LogP contribution in [0.15, 0.2) is 84.9 Å². The normalized spacial score (nSPS) is 12.7. The molecule has 0 aromatic heterocycles. The van der Waals surface area contributed by atoms with E-state index in [1.165, 1.54) is 11.1 Å². The number of carbonyl (C=O) groups is 1. The Labute approximate surface area is 186 Å². The van der Waals surface area contributed by atoms with E-state index in [-0.39, 0.29) is 6.04 Å². The topological polar surface area (TPSA) is 29.5 Å². The first-order valence-corrected chi connectivity index (χ1v) is 10.5. The summed E-state index contributed by atoms with van der Waals surface area (Å²) in [4.78, 5) is 19.0. The van der Waals surface area contributed by atoms with Gasteiger partial charge in [0, 0.05) is 12.6 Å². The minimum absolute atomic E-state index is 0.306. The van der Waals surface area contributed by atoms with Crippen LogP contribution in [0.5, 0.6) is 0 Å². The molecule has 0 N–H and O–H groups in total. The summed E-state index contributed by atoms with van der Waals surface area (Å²) in [6, 6.07) is 23.7. The average molecular weight is 441 g/mol. The Morgan fingerprint density at radius 2 is 1.47 bits per heavy atom. The van der Waals surface area contributed by atoms with Gasteiger partial charge in [0.1, 0.15) is 5.92 Å². The van der Waals surface area contributed by atoms with Crippen molar-refractivity contribution in [2.45, 2.75) is 38.4 Å². The number of carbonyl (C=O) groups excluding carboxylic acids is 1. The minimum Gasteiger partial charge on any atom is -0.367 e. The summed E-state index contributed by atoms with van der Waals surface area (Å²) < 4.78 is 39.1. The molecule has 3 nitrogen and oxygen atoms in total. The second kappa shape index (κ2) is 10.5.